The minimum absolute atomic E-state index is 0.0670. The molecule has 0 bridgehead atoms. The summed E-state index contributed by atoms with van der Waals surface area (Å²) in [6.45, 7) is 7.93. The molecule has 59 heavy (non-hydrogen) atoms. The molecule has 6 unspecified atom stereocenters. The number of nitrogens with one attached hydrogen (secondary N) is 7. The number of Topliss-reactive ketones (excluding diaryl/α,β-unsaturated/α-hetero) is 1. The highest BCUT2D eigenvalue weighted by molar-refractivity contribution is 8.00. The van der Waals surface area contributed by atoms with Crippen molar-refractivity contribution in [1.82, 2.24) is 37.2 Å². The Labute approximate surface area is 343 Å². The molecule has 0 saturated carbocycles. The van der Waals surface area contributed by atoms with Crippen LogP contribution in [-0.4, -0.2) is 146 Å². The zero-order valence-electron chi connectivity index (χ0n) is 33.6. The van der Waals surface area contributed by atoms with Crippen LogP contribution in [0, 0.1) is 11.8 Å². The molecule has 7 amide bonds. The fourth-order valence-corrected chi connectivity index (χ4v) is 5.86. The van der Waals surface area contributed by atoms with Gasteiger partial charge in [0.2, 0.25) is 41.2 Å². The molecule has 6 atom stereocenters. The van der Waals surface area contributed by atoms with Gasteiger partial charge in [0, 0.05) is 25.5 Å². The quantitative estimate of drug-likeness (QED) is 0.0342. The summed E-state index contributed by atoms with van der Waals surface area (Å²) in [5.74, 6) is -15.6. The van der Waals surface area contributed by atoms with Crippen LogP contribution in [0.25, 0.3) is 0 Å². The molecular weight excluding hydrogens is 806 g/mol. The van der Waals surface area contributed by atoms with E-state index in [-0.39, 0.29) is 25.0 Å². The predicted molar refractivity (Wildman–Crippen MR) is 206 cm³/mol. The predicted octanol–water partition coefficient (Wildman–Crippen LogP) is -2.66. The third-order valence-corrected chi connectivity index (χ3v) is 9.11. The fraction of sp³-hybridized carbons (Fsp3) is 0.657. The number of amides is 7. The number of carboxylic acid groups (broad SMARTS) is 4. The third kappa shape index (κ3) is 21.5. The number of carbonyl (C=O) groups excluding carboxylic acids is 8. The molecule has 0 saturated heterocycles. The molecule has 11 N–H and O–H groups in total. The summed E-state index contributed by atoms with van der Waals surface area (Å²) in [6, 6.07) is -8.82. The molecule has 332 valence electrons. The molecule has 0 spiro atoms. The van der Waals surface area contributed by atoms with E-state index in [9.17, 15) is 62.6 Å². The van der Waals surface area contributed by atoms with Crippen LogP contribution in [0.3, 0.4) is 0 Å². The van der Waals surface area contributed by atoms with Gasteiger partial charge in [-0.05, 0) is 31.1 Å². The monoisotopic (exact) mass is 861 g/mol. The molecule has 0 heterocycles. The van der Waals surface area contributed by atoms with Crippen molar-refractivity contribution >= 4 is 82.8 Å². The van der Waals surface area contributed by atoms with Gasteiger partial charge in [0.05, 0.1) is 11.8 Å². The second-order valence-electron chi connectivity index (χ2n) is 13.9. The number of thioether (sulfide) groups is 1. The largest absolute Gasteiger partial charge is 0.481 e. The van der Waals surface area contributed by atoms with E-state index < -0.39 is 151 Å². The maximum Gasteiger partial charge on any atom is 0.322 e. The second-order valence-corrected chi connectivity index (χ2v) is 14.9. The van der Waals surface area contributed by atoms with Crippen molar-refractivity contribution in [3.05, 3.63) is 0 Å². The van der Waals surface area contributed by atoms with Crippen LogP contribution in [0.1, 0.15) is 80.1 Å². The Balaban J connectivity index is 6.34. The Morgan fingerprint density at radius 1 is 0.508 bits per heavy atom. The molecular formula is C35H55N7O16S. The molecule has 0 radical (unpaired) electrons. The first-order chi connectivity index (χ1) is 27.4. The summed E-state index contributed by atoms with van der Waals surface area (Å²) in [5.41, 5.74) is 0. The fourth-order valence-electron chi connectivity index (χ4n) is 5.10. The smallest absolute Gasteiger partial charge is 0.322 e. The first-order valence-corrected chi connectivity index (χ1v) is 19.6. The summed E-state index contributed by atoms with van der Waals surface area (Å²) in [6.07, 6.45) is -1.80. The lowest BCUT2D eigenvalue weighted by molar-refractivity contribution is -0.143. The van der Waals surface area contributed by atoms with E-state index in [2.05, 4.69) is 31.9 Å². The van der Waals surface area contributed by atoms with Crippen LogP contribution in [0.5, 0.6) is 0 Å². The number of aliphatic carboxylic acids is 4. The average Bonchev–Trinajstić information content (AvgIpc) is 3.12. The molecule has 24 heteroatoms. The number of ketones is 1. The zero-order valence-corrected chi connectivity index (χ0v) is 34.4. The first kappa shape index (κ1) is 53.2. The number of rotatable bonds is 29. The van der Waals surface area contributed by atoms with Crippen molar-refractivity contribution in [2.75, 3.05) is 18.1 Å². The summed E-state index contributed by atoms with van der Waals surface area (Å²) >= 11 is 0.724. The maximum atomic E-state index is 13.7. The van der Waals surface area contributed by atoms with Crippen molar-refractivity contribution < 1.29 is 78.0 Å². The van der Waals surface area contributed by atoms with Crippen molar-refractivity contribution in [3.63, 3.8) is 0 Å². The number of carbonyl (C=O) groups is 12. The average molecular weight is 862 g/mol. The third-order valence-electron chi connectivity index (χ3n) is 8.09. The van der Waals surface area contributed by atoms with E-state index in [1.807, 2.05) is 5.32 Å². The lowest BCUT2D eigenvalue weighted by atomic mass is 9.98. The minimum atomic E-state index is -1.59. The highest BCUT2D eigenvalue weighted by atomic mass is 32.2. The van der Waals surface area contributed by atoms with Gasteiger partial charge in [-0.15, -0.1) is 11.8 Å². The van der Waals surface area contributed by atoms with Crippen LogP contribution in [-0.2, 0) is 57.5 Å². The molecule has 0 aliphatic rings. The number of carboxylic acids is 4. The first-order valence-electron chi connectivity index (χ1n) is 18.5. The van der Waals surface area contributed by atoms with E-state index in [0.717, 1.165) is 18.7 Å². The molecule has 0 fully saturated rings. The molecule has 0 aliphatic heterocycles. The van der Waals surface area contributed by atoms with Crippen LogP contribution >= 0.6 is 11.8 Å². The Morgan fingerprint density at radius 3 is 1.37 bits per heavy atom. The van der Waals surface area contributed by atoms with Crippen molar-refractivity contribution in [2.45, 2.75) is 116 Å². The minimum Gasteiger partial charge on any atom is -0.481 e. The van der Waals surface area contributed by atoms with Gasteiger partial charge in [-0.2, -0.15) is 0 Å². The van der Waals surface area contributed by atoms with E-state index in [0.29, 0.717) is 0 Å². The number of hydrogen-bond acceptors (Lipinski definition) is 13. The summed E-state index contributed by atoms with van der Waals surface area (Å²) in [7, 11) is 0. The molecule has 0 aliphatic carbocycles. The van der Waals surface area contributed by atoms with Gasteiger partial charge in [0.15, 0.2) is 0 Å². The lowest BCUT2D eigenvalue weighted by Crippen LogP contribution is -2.61. The van der Waals surface area contributed by atoms with Crippen molar-refractivity contribution in [1.29, 1.82) is 0 Å². The zero-order chi connectivity index (χ0) is 45.6. The van der Waals surface area contributed by atoms with E-state index in [1.165, 1.54) is 27.7 Å². The normalized spacial score (nSPS) is 13.9. The van der Waals surface area contributed by atoms with Crippen molar-refractivity contribution in [2.24, 2.45) is 11.8 Å². The Morgan fingerprint density at radius 2 is 0.932 bits per heavy atom. The Bertz CT molecular complexity index is 1570. The molecule has 0 aromatic heterocycles. The Hall–Kier alpha value is -5.81. The maximum absolute atomic E-state index is 13.7. The van der Waals surface area contributed by atoms with Crippen molar-refractivity contribution in [3.8, 4) is 0 Å². The second kappa shape index (κ2) is 27.0. The van der Waals surface area contributed by atoms with E-state index in [1.54, 1.807) is 6.92 Å². The van der Waals surface area contributed by atoms with Crippen LogP contribution in [0.15, 0.2) is 0 Å². The number of hydrogen-bond donors (Lipinski definition) is 11. The van der Waals surface area contributed by atoms with Gasteiger partial charge < -0.3 is 57.6 Å². The van der Waals surface area contributed by atoms with Gasteiger partial charge in [0.1, 0.15) is 36.8 Å². The standard InChI is InChI=1S/C35H55N7O16S/c1-7-8-19(29(52)35(58)36-13-25(48)49)38-32(55)22(14-59-15-26(50)51)40-33(56)27(16(2)3)42-34(57)28(17(4)5)41-31(54)21(10-12-24(46)47)39-30(53)20(37-18(6)43)9-11-23(44)45/h16-17,19-22,27-28H,7-15H2,1-6H3,(H,36,58)(H,37,43)(H,38,55)(H,39,53)(H,40,56)(H,41,54)(H,42,57)(H,44,45)(H,46,47)(H,48,49)(H,50,51). The highest BCUT2D eigenvalue weighted by Crippen LogP contribution is 2.11. The summed E-state index contributed by atoms with van der Waals surface area (Å²) < 4.78 is 0. The molecule has 0 aromatic rings. The van der Waals surface area contributed by atoms with Gasteiger partial charge in [-0.3, -0.25) is 57.5 Å². The van der Waals surface area contributed by atoms with E-state index >= 15 is 0 Å². The molecule has 0 aromatic carbocycles. The van der Waals surface area contributed by atoms with E-state index in [4.69, 9.17) is 15.3 Å². The lowest BCUT2D eigenvalue weighted by Gasteiger charge is -2.30. The van der Waals surface area contributed by atoms with Crippen LogP contribution in [0.4, 0.5) is 0 Å². The van der Waals surface area contributed by atoms with Gasteiger partial charge >= 0.3 is 23.9 Å². The van der Waals surface area contributed by atoms with Gasteiger partial charge in [-0.25, -0.2) is 0 Å². The highest BCUT2D eigenvalue weighted by Gasteiger charge is 2.36. The molecule has 0 rings (SSSR count). The van der Waals surface area contributed by atoms with Crippen LogP contribution in [0.2, 0.25) is 0 Å². The SMILES string of the molecule is CCCC(NC(=O)C(CSCC(=O)O)NC(=O)C(NC(=O)C(NC(=O)C(CCC(=O)O)NC(=O)C(CCC(=O)O)NC(C)=O)C(C)C)C(C)C)C(=O)C(=O)NCC(=O)O. The molecule has 23 nitrogen and oxygen atoms in total. The summed E-state index contributed by atoms with van der Waals surface area (Å²) in [5, 5.41) is 52.4. The topological polar surface area (TPSA) is 370 Å². The summed E-state index contributed by atoms with van der Waals surface area (Å²) in [4.78, 5) is 149. The van der Waals surface area contributed by atoms with Crippen LogP contribution < -0.4 is 37.2 Å². The Kier molecular flexibility index (Phi) is 24.3. The van der Waals surface area contributed by atoms with Gasteiger partial charge in [-0.1, -0.05) is 41.0 Å². The van der Waals surface area contributed by atoms with Gasteiger partial charge in [0.25, 0.3) is 5.91 Å².